The van der Waals surface area contributed by atoms with Crippen molar-refractivity contribution in [3.05, 3.63) is 0 Å². The number of nitrogens with two attached hydrogens (primary N) is 1. The first-order chi connectivity index (χ1) is 8.15. The van der Waals surface area contributed by atoms with E-state index in [1.54, 1.807) is 0 Å². The number of aliphatic hydroxyl groups excluding tert-OH is 1. The van der Waals surface area contributed by atoms with Crippen molar-refractivity contribution in [3.8, 4) is 0 Å². The lowest BCUT2D eigenvalue weighted by Gasteiger charge is -2.36. The molecule has 0 saturated heterocycles. The van der Waals surface area contributed by atoms with Crippen LogP contribution < -0.4 is 11.1 Å². The van der Waals surface area contributed by atoms with Crippen LogP contribution in [0.2, 0.25) is 0 Å². The third-order valence-electron chi connectivity index (χ3n) is 4.17. The summed E-state index contributed by atoms with van der Waals surface area (Å²) < 4.78 is 0. The quantitative estimate of drug-likeness (QED) is 0.669. The van der Waals surface area contributed by atoms with Crippen LogP contribution >= 0.6 is 0 Å². The predicted octanol–water partition coefficient (Wildman–Crippen LogP) is 0.925. The maximum Gasteiger partial charge on any atom is 0.222 e. The van der Waals surface area contributed by atoms with E-state index in [0.717, 1.165) is 25.7 Å². The van der Waals surface area contributed by atoms with E-state index in [4.69, 9.17) is 5.73 Å². The Balaban J connectivity index is 1.82. The average molecular weight is 240 g/mol. The molecule has 1 atom stereocenters. The number of rotatable bonds is 5. The van der Waals surface area contributed by atoms with Crippen LogP contribution in [0.25, 0.3) is 0 Å². The van der Waals surface area contributed by atoms with Crippen LogP contribution in [0.15, 0.2) is 0 Å². The van der Waals surface area contributed by atoms with Gasteiger partial charge in [0.05, 0.1) is 12.1 Å². The third kappa shape index (κ3) is 3.42. The minimum atomic E-state index is -0.362. The standard InChI is InChI=1S/C13H24N2O2/c14-11(10-4-5-10)8-12(17)15-13(9-16)6-2-1-3-7-13/h10-11,16H,1-9,14H2,(H,15,17). The number of carbonyl (C=O) groups is 1. The first kappa shape index (κ1) is 12.8. The van der Waals surface area contributed by atoms with Crippen molar-refractivity contribution in [2.75, 3.05) is 6.61 Å². The summed E-state index contributed by atoms with van der Waals surface area (Å²) in [4.78, 5) is 11.9. The van der Waals surface area contributed by atoms with Crippen molar-refractivity contribution in [1.29, 1.82) is 0 Å². The lowest BCUT2D eigenvalue weighted by atomic mass is 9.82. The molecule has 2 saturated carbocycles. The summed E-state index contributed by atoms with van der Waals surface area (Å²) >= 11 is 0. The van der Waals surface area contributed by atoms with Gasteiger partial charge in [0, 0.05) is 12.5 Å². The average Bonchev–Trinajstić information content (AvgIpc) is 3.13. The van der Waals surface area contributed by atoms with Gasteiger partial charge in [-0.25, -0.2) is 0 Å². The summed E-state index contributed by atoms with van der Waals surface area (Å²) in [5.74, 6) is 0.567. The summed E-state index contributed by atoms with van der Waals surface area (Å²) in [5.41, 5.74) is 5.58. The predicted molar refractivity (Wildman–Crippen MR) is 66.4 cm³/mol. The van der Waals surface area contributed by atoms with E-state index in [2.05, 4.69) is 5.32 Å². The highest BCUT2D eigenvalue weighted by atomic mass is 16.3. The second-order valence-corrected chi connectivity index (χ2v) is 5.75. The highest BCUT2D eigenvalue weighted by molar-refractivity contribution is 5.77. The van der Waals surface area contributed by atoms with Crippen LogP contribution in [-0.2, 0) is 4.79 Å². The summed E-state index contributed by atoms with van der Waals surface area (Å²) in [6.07, 6.45) is 7.93. The molecule has 0 aliphatic heterocycles. The molecule has 0 heterocycles. The lowest BCUT2D eigenvalue weighted by molar-refractivity contribution is -0.124. The number of hydrogen-bond acceptors (Lipinski definition) is 3. The van der Waals surface area contributed by atoms with Gasteiger partial charge in [-0.1, -0.05) is 19.3 Å². The zero-order chi connectivity index (χ0) is 12.3. The van der Waals surface area contributed by atoms with Crippen LogP contribution in [-0.4, -0.2) is 29.2 Å². The number of carbonyl (C=O) groups excluding carboxylic acids is 1. The molecule has 2 aliphatic carbocycles. The van der Waals surface area contributed by atoms with Gasteiger partial charge in [-0.15, -0.1) is 0 Å². The van der Waals surface area contributed by atoms with Gasteiger partial charge >= 0.3 is 0 Å². The number of nitrogens with one attached hydrogen (secondary N) is 1. The topological polar surface area (TPSA) is 75.4 Å². The van der Waals surface area contributed by atoms with Gasteiger partial charge in [0.1, 0.15) is 0 Å². The van der Waals surface area contributed by atoms with Crippen LogP contribution in [0.4, 0.5) is 0 Å². The van der Waals surface area contributed by atoms with Crippen molar-refractivity contribution in [2.45, 2.75) is 62.9 Å². The van der Waals surface area contributed by atoms with Crippen molar-refractivity contribution in [2.24, 2.45) is 11.7 Å². The zero-order valence-electron chi connectivity index (χ0n) is 10.5. The summed E-state index contributed by atoms with van der Waals surface area (Å²) in [5, 5.41) is 12.5. The summed E-state index contributed by atoms with van der Waals surface area (Å²) in [7, 11) is 0. The normalized spacial score (nSPS) is 25.3. The zero-order valence-corrected chi connectivity index (χ0v) is 10.5. The van der Waals surface area contributed by atoms with Gasteiger partial charge in [0.25, 0.3) is 0 Å². The molecule has 0 aromatic carbocycles. The Hall–Kier alpha value is -0.610. The Bertz CT molecular complexity index is 271. The lowest BCUT2D eigenvalue weighted by Crippen LogP contribution is -2.53. The van der Waals surface area contributed by atoms with Gasteiger partial charge in [0.2, 0.25) is 5.91 Å². The fourth-order valence-electron chi connectivity index (χ4n) is 2.80. The number of hydrogen-bond donors (Lipinski definition) is 3. The van der Waals surface area contributed by atoms with Crippen molar-refractivity contribution >= 4 is 5.91 Å². The fraction of sp³-hybridized carbons (Fsp3) is 0.923. The highest BCUT2D eigenvalue weighted by Crippen LogP contribution is 2.33. The molecular weight excluding hydrogens is 216 g/mol. The van der Waals surface area contributed by atoms with Crippen LogP contribution in [0.1, 0.15) is 51.4 Å². The molecule has 0 radical (unpaired) electrons. The molecule has 2 aliphatic rings. The minimum Gasteiger partial charge on any atom is -0.394 e. The summed E-state index contributed by atoms with van der Waals surface area (Å²) in [6, 6.07) is 0.00864. The van der Waals surface area contributed by atoms with Crippen LogP contribution in [0, 0.1) is 5.92 Å². The molecule has 2 fully saturated rings. The van der Waals surface area contributed by atoms with Gasteiger partial charge in [-0.3, -0.25) is 4.79 Å². The first-order valence-corrected chi connectivity index (χ1v) is 6.83. The van der Waals surface area contributed by atoms with Crippen molar-refractivity contribution < 1.29 is 9.90 Å². The van der Waals surface area contributed by atoms with Crippen LogP contribution in [0.3, 0.4) is 0 Å². The maximum atomic E-state index is 11.9. The Labute approximate surface area is 103 Å². The molecule has 2 rings (SSSR count). The number of amides is 1. The Morgan fingerprint density at radius 3 is 2.53 bits per heavy atom. The van der Waals surface area contributed by atoms with Gasteiger partial charge in [-0.05, 0) is 31.6 Å². The molecule has 0 bridgehead atoms. The SMILES string of the molecule is NC(CC(=O)NC1(CO)CCCCC1)C1CC1. The van der Waals surface area contributed by atoms with Crippen LogP contribution in [0.5, 0.6) is 0 Å². The monoisotopic (exact) mass is 240 g/mol. The molecule has 17 heavy (non-hydrogen) atoms. The largest absolute Gasteiger partial charge is 0.394 e. The van der Waals surface area contributed by atoms with Gasteiger partial charge in [-0.2, -0.15) is 0 Å². The van der Waals surface area contributed by atoms with E-state index in [0.29, 0.717) is 12.3 Å². The molecule has 1 unspecified atom stereocenters. The fourth-order valence-corrected chi connectivity index (χ4v) is 2.80. The van der Waals surface area contributed by atoms with E-state index in [1.807, 2.05) is 0 Å². The Morgan fingerprint density at radius 2 is 2.00 bits per heavy atom. The van der Waals surface area contributed by atoms with E-state index in [9.17, 15) is 9.90 Å². The highest BCUT2D eigenvalue weighted by Gasteiger charge is 2.35. The van der Waals surface area contributed by atoms with Gasteiger partial charge in [0.15, 0.2) is 0 Å². The van der Waals surface area contributed by atoms with E-state index in [1.165, 1.54) is 19.3 Å². The molecule has 1 amide bonds. The summed E-state index contributed by atoms with van der Waals surface area (Å²) in [6.45, 7) is 0.0530. The molecule has 0 spiro atoms. The Morgan fingerprint density at radius 1 is 1.35 bits per heavy atom. The molecule has 0 aromatic heterocycles. The van der Waals surface area contributed by atoms with Crippen molar-refractivity contribution in [3.63, 3.8) is 0 Å². The molecular formula is C13H24N2O2. The maximum absolute atomic E-state index is 11.9. The second kappa shape index (κ2) is 5.36. The first-order valence-electron chi connectivity index (χ1n) is 6.83. The van der Waals surface area contributed by atoms with E-state index in [-0.39, 0.29) is 24.1 Å². The molecule has 4 nitrogen and oxygen atoms in total. The van der Waals surface area contributed by atoms with E-state index >= 15 is 0 Å². The van der Waals surface area contributed by atoms with Crippen molar-refractivity contribution in [1.82, 2.24) is 5.32 Å². The number of aliphatic hydroxyl groups is 1. The third-order valence-corrected chi connectivity index (χ3v) is 4.17. The minimum absolute atomic E-state index is 0.00864. The molecule has 0 aromatic rings. The Kier molecular flexibility index (Phi) is 4.05. The smallest absolute Gasteiger partial charge is 0.222 e. The molecule has 4 N–H and O–H groups in total. The van der Waals surface area contributed by atoms with E-state index < -0.39 is 0 Å². The molecule has 4 heteroatoms. The molecule has 98 valence electrons. The van der Waals surface area contributed by atoms with Gasteiger partial charge < -0.3 is 16.2 Å². The second-order valence-electron chi connectivity index (χ2n) is 5.75.